The number of ether oxygens (including phenoxy) is 2. The van der Waals surface area contributed by atoms with E-state index in [0.717, 1.165) is 0 Å². The van der Waals surface area contributed by atoms with Crippen molar-refractivity contribution in [3.8, 4) is 0 Å². The second-order valence-electron chi connectivity index (χ2n) is 6.03. The summed E-state index contributed by atoms with van der Waals surface area (Å²) in [5, 5.41) is 28.3. The predicted molar refractivity (Wildman–Crippen MR) is 80.5 cm³/mol. The van der Waals surface area contributed by atoms with Crippen LogP contribution in [0.3, 0.4) is 0 Å². The van der Waals surface area contributed by atoms with Gasteiger partial charge < -0.3 is 29.7 Å². The molecule has 0 spiro atoms. The number of phosphoric acid groups is 1. The third-order valence-corrected chi connectivity index (χ3v) is 5.25. The van der Waals surface area contributed by atoms with E-state index in [1.54, 1.807) is 14.8 Å². The van der Waals surface area contributed by atoms with Gasteiger partial charge in [0.05, 0.1) is 44.1 Å². The molecular weight excluding hydrogens is 330 g/mol. The van der Waals surface area contributed by atoms with Crippen LogP contribution in [-0.2, 0) is 23.1 Å². The van der Waals surface area contributed by atoms with E-state index in [9.17, 15) is 24.8 Å². The molecule has 0 aromatic carbocycles. The van der Waals surface area contributed by atoms with E-state index in [-0.39, 0.29) is 25.9 Å². The Morgan fingerprint density at radius 1 is 1.26 bits per heavy atom. The van der Waals surface area contributed by atoms with E-state index in [2.05, 4.69) is 0 Å². The molecule has 2 saturated heterocycles. The van der Waals surface area contributed by atoms with Crippen LogP contribution in [-0.4, -0.2) is 84.4 Å². The first-order valence-electron chi connectivity index (χ1n) is 7.63. The average Bonchev–Trinajstić information content (AvgIpc) is 2.96. The minimum Gasteiger partial charge on any atom is -0.396 e. The van der Waals surface area contributed by atoms with Crippen LogP contribution in [0.5, 0.6) is 0 Å². The van der Waals surface area contributed by atoms with E-state index < -0.39 is 44.2 Å². The SMILES string of the molecule is B[C@@H]1O[C@H](COP(=O)(O)OC2C[C@H](C)O[C@@H]2CO)C(CO)C1O. The molecule has 23 heavy (non-hydrogen) atoms. The van der Waals surface area contributed by atoms with Crippen molar-refractivity contribution in [3.05, 3.63) is 0 Å². The highest BCUT2D eigenvalue weighted by atomic mass is 31.2. The Balaban J connectivity index is 1.88. The van der Waals surface area contributed by atoms with Crippen LogP contribution in [0, 0.1) is 5.92 Å². The molecule has 11 heteroatoms. The lowest BCUT2D eigenvalue weighted by atomic mass is 9.88. The number of rotatable bonds is 7. The van der Waals surface area contributed by atoms with Gasteiger partial charge in [-0.1, -0.05) is 0 Å². The fourth-order valence-electron chi connectivity index (χ4n) is 2.97. The quantitative estimate of drug-likeness (QED) is 0.302. The Bertz CT molecular complexity index is 439. The fraction of sp³-hybridized carbons (Fsp3) is 1.00. The number of aliphatic hydroxyl groups excluding tert-OH is 3. The zero-order valence-corrected chi connectivity index (χ0v) is 14.0. The smallest absolute Gasteiger partial charge is 0.396 e. The van der Waals surface area contributed by atoms with Crippen LogP contribution < -0.4 is 0 Å². The van der Waals surface area contributed by atoms with Crippen LogP contribution in [0.25, 0.3) is 0 Å². The third-order valence-electron chi connectivity index (χ3n) is 4.23. The van der Waals surface area contributed by atoms with Gasteiger partial charge in [-0.3, -0.25) is 9.05 Å². The summed E-state index contributed by atoms with van der Waals surface area (Å²) in [5.41, 5.74) is 0. The van der Waals surface area contributed by atoms with Gasteiger partial charge in [0, 0.05) is 12.3 Å². The third kappa shape index (κ3) is 4.75. The van der Waals surface area contributed by atoms with Crippen molar-refractivity contribution in [2.75, 3.05) is 19.8 Å². The van der Waals surface area contributed by atoms with Gasteiger partial charge >= 0.3 is 7.82 Å². The first kappa shape index (κ1) is 19.3. The summed E-state index contributed by atoms with van der Waals surface area (Å²) in [4.78, 5) is 9.82. The predicted octanol–water partition coefficient (Wildman–Crippen LogP) is -2.01. The van der Waals surface area contributed by atoms with Crippen molar-refractivity contribution in [2.24, 2.45) is 5.92 Å². The molecular formula is C12H24BO9P. The Morgan fingerprint density at radius 3 is 2.57 bits per heavy atom. The zero-order valence-electron chi connectivity index (χ0n) is 13.1. The summed E-state index contributed by atoms with van der Waals surface area (Å²) in [7, 11) is -2.74. The van der Waals surface area contributed by atoms with Gasteiger partial charge in [0.1, 0.15) is 20.1 Å². The molecule has 0 radical (unpaired) electrons. The summed E-state index contributed by atoms with van der Waals surface area (Å²) in [5.74, 6) is -0.593. The Labute approximate surface area is 135 Å². The summed E-state index contributed by atoms with van der Waals surface area (Å²) in [6.45, 7) is 0.831. The summed E-state index contributed by atoms with van der Waals surface area (Å²) >= 11 is 0. The van der Waals surface area contributed by atoms with Crippen LogP contribution in [0.4, 0.5) is 0 Å². The van der Waals surface area contributed by atoms with Gasteiger partial charge in [-0.15, -0.1) is 0 Å². The monoisotopic (exact) mass is 354 g/mol. The van der Waals surface area contributed by atoms with Crippen molar-refractivity contribution < 1.29 is 43.3 Å². The number of aliphatic hydroxyl groups is 3. The van der Waals surface area contributed by atoms with E-state index in [0.29, 0.717) is 6.42 Å². The highest BCUT2D eigenvalue weighted by Gasteiger charge is 2.43. The first-order valence-corrected chi connectivity index (χ1v) is 9.13. The molecule has 2 fully saturated rings. The average molecular weight is 354 g/mol. The highest BCUT2D eigenvalue weighted by molar-refractivity contribution is 7.47. The topological polar surface area (TPSA) is 135 Å². The fourth-order valence-corrected chi connectivity index (χ4v) is 3.93. The van der Waals surface area contributed by atoms with Crippen molar-refractivity contribution in [1.82, 2.24) is 0 Å². The minimum atomic E-state index is -4.38. The molecule has 2 heterocycles. The Kier molecular flexibility index (Phi) is 6.63. The molecule has 0 aromatic heterocycles. The lowest BCUT2D eigenvalue weighted by Crippen LogP contribution is -2.32. The van der Waals surface area contributed by atoms with Crippen molar-refractivity contribution in [2.45, 2.75) is 49.9 Å². The molecule has 8 atom stereocenters. The van der Waals surface area contributed by atoms with Crippen LogP contribution in [0.1, 0.15) is 13.3 Å². The number of hydrogen-bond donors (Lipinski definition) is 4. The Hall–Kier alpha value is -0.0251. The molecule has 0 bridgehead atoms. The van der Waals surface area contributed by atoms with Crippen LogP contribution >= 0.6 is 7.82 Å². The van der Waals surface area contributed by atoms with Gasteiger partial charge in [0.25, 0.3) is 0 Å². The molecule has 2 rings (SSSR count). The normalized spacial score (nSPS) is 43.6. The molecule has 9 nitrogen and oxygen atoms in total. The van der Waals surface area contributed by atoms with Gasteiger partial charge in [-0.25, -0.2) is 4.57 Å². The van der Waals surface area contributed by atoms with Gasteiger partial charge in [-0.05, 0) is 6.92 Å². The molecule has 134 valence electrons. The lowest BCUT2D eigenvalue weighted by molar-refractivity contribution is -0.0262. The van der Waals surface area contributed by atoms with Crippen molar-refractivity contribution in [1.29, 1.82) is 0 Å². The number of phosphoric ester groups is 1. The number of hydrogen-bond acceptors (Lipinski definition) is 8. The standard InChI is InChI=1S/C12H24BO9P/c1-6-2-8(9(4-15)20-6)22-23(17,18)19-5-10-7(3-14)11(16)12(13)21-10/h6-12,14-16H,2-5,13H2,1H3,(H,17,18)/t6-,7?,8?,9+,10+,11?,12+/m0/s1. The lowest BCUT2D eigenvalue weighted by Gasteiger charge is -2.22. The molecule has 4 unspecified atom stereocenters. The molecule has 0 saturated carbocycles. The van der Waals surface area contributed by atoms with Crippen molar-refractivity contribution in [3.63, 3.8) is 0 Å². The van der Waals surface area contributed by atoms with E-state index in [1.807, 2.05) is 0 Å². The van der Waals surface area contributed by atoms with Crippen LogP contribution in [0.2, 0.25) is 0 Å². The molecule has 0 amide bonds. The summed E-state index contributed by atoms with van der Waals surface area (Å²) in [6.07, 6.45) is -2.81. The Morgan fingerprint density at radius 2 is 1.96 bits per heavy atom. The van der Waals surface area contributed by atoms with E-state index in [1.165, 1.54) is 0 Å². The first-order chi connectivity index (χ1) is 10.8. The maximum Gasteiger partial charge on any atom is 0.472 e. The molecule has 2 aliphatic heterocycles. The van der Waals surface area contributed by atoms with Gasteiger partial charge in [0.15, 0.2) is 0 Å². The van der Waals surface area contributed by atoms with Gasteiger partial charge in [0.2, 0.25) is 0 Å². The van der Waals surface area contributed by atoms with Crippen molar-refractivity contribution >= 4 is 15.7 Å². The summed E-state index contributed by atoms with van der Waals surface area (Å²) in [6, 6.07) is -0.498. The highest BCUT2D eigenvalue weighted by Crippen LogP contribution is 2.48. The molecule has 0 aliphatic carbocycles. The molecule has 2 aliphatic rings. The minimum absolute atomic E-state index is 0.190. The van der Waals surface area contributed by atoms with Crippen LogP contribution in [0.15, 0.2) is 0 Å². The largest absolute Gasteiger partial charge is 0.472 e. The zero-order chi connectivity index (χ0) is 17.2. The maximum atomic E-state index is 12.0. The molecule has 4 N–H and O–H groups in total. The second kappa shape index (κ2) is 7.90. The maximum absolute atomic E-state index is 12.0. The molecule has 0 aromatic rings. The summed E-state index contributed by atoms with van der Waals surface area (Å²) < 4.78 is 32.8. The van der Waals surface area contributed by atoms with E-state index >= 15 is 0 Å². The van der Waals surface area contributed by atoms with Gasteiger partial charge in [-0.2, -0.15) is 0 Å². The second-order valence-corrected chi connectivity index (χ2v) is 7.43. The van der Waals surface area contributed by atoms with E-state index in [4.69, 9.17) is 18.5 Å².